The SMILES string of the molecule is CNc1cn(C)c2ccc(N)nc12. The number of nitrogens with one attached hydrogen (secondary N) is 1. The molecule has 2 aromatic rings. The van der Waals surface area contributed by atoms with Gasteiger partial charge in [-0.25, -0.2) is 4.98 Å². The van der Waals surface area contributed by atoms with E-state index >= 15 is 0 Å². The number of nitrogens with zero attached hydrogens (tertiary/aromatic N) is 2. The van der Waals surface area contributed by atoms with Gasteiger partial charge in [0.15, 0.2) is 0 Å². The number of rotatable bonds is 1. The molecular weight excluding hydrogens is 164 g/mol. The molecule has 0 fully saturated rings. The molecule has 2 aromatic heterocycles. The van der Waals surface area contributed by atoms with Gasteiger partial charge in [-0.3, -0.25) is 0 Å². The van der Waals surface area contributed by atoms with Crippen LogP contribution < -0.4 is 11.1 Å². The quantitative estimate of drug-likeness (QED) is 0.686. The maximum absolute atomic E-state index is 5.61. The topological polar surface area (TPSA) is 55.9 Å². The summed E-state index contributed by atoms with van der Waals surface area (Å²) in [7, 11) is 3.86. The predicted octanol–water partition coefficient (Wildman–Crippen LogP) is 1.20. The fraction of sp³-hybridized carbons (Fsp3) is 0.222. The summed E-state index contributed by atoms with van der Waals surface area (Å²) in [5, 5.41) is 3.08. The molecule has 0 aliphatic rings. The van der Waals surface area contributed by atoms with E-state index < -0.39 is 0 Å². The van der Waals surface area contributed by atoms with Gasteiger partial charge in [0, 0.05) is 20.3 Å². The summed E-state index contributed by atoms with van der Waals surface area (Å²) in [4.78, 5) is 4.26. The van der Waals surface area contributed by atoms with Crippen LogP contribution in [0.2, 0.25) is 0 Å². The Labute approximate surface area is 76.4 Å². The second-order valence-electron chi connectivity index (χ2n) is 3.01. The zero-order valence-electron chi connectivity index (χ0n) is 7.70. The van der Waals surface area contributed by atoms with Gasteiger partial charge in [0.2, 0.25) is 0 Å². The van der Waals surface area contributed by atoms with Gasteiger partial charge in [0.05, 0.1) is 11.2 Å². The minimum absolute atomic E-state index is 0.551. The van der Waals surface area contributed by atoms with E-state index in [4.69, 9.17) is 5.73 Å². The number of nitrogen functional groups attached to an aromatic ring is 1. The fourth-order valence-electron chi connectivity index (χ4n) is 1.46. The van der Waals surface area contributed by atoms with Crippen LogP contribution in [-0.2, 0) is 7.05 Å². The van der Waals surface area contributed by atoms with Crippen LogP contribution in [-0.4, -0.2) is 16.6 Å². The third-order valence-electron chi connectivity index (χ3n) is 2.12. The number of anilines is 2. The molecule has 0 aromatic carbocycles. The molecule has 3 N–H and O–H groups in total. The first-order valence-corrected chi connectivity index (χ1v) is 4.11. The second-order valence-corrected chi connectivity index (χ2v) is 3.01. The number of hydrogen-bond donors (Lipinski definition) is 2. The lowest BCUT2D eigenvalue weighted by Crippen LogP contribution is -1.91. The molecule has 2 rings (SSSR count). The van der Waals surface area contributed by atoms with Crippen molar-refractivity contribution in [1.82, 2.24) is 9.55 Å². The summed E-state index contributed by atoms with van der Waals surface area (Å²) in [6.45, 7) is 0. The lowest BCUT2D eigenvalue weighted by molar-refractivity contribution is 0.969. The largest absolute Gasteiger partial charge is 0.385 e. The maximum atomic E-state index is 5.61. The molecule has 0 radical (unpaired) electrons. The molecule has 0 saturated carbocycles. The molecule has 0 atom stereocenters. The zero-order chi connectivity index (χ0) is 9.42. The van der Waals surface area contributed by atoms with E-state index in [0.717, 1.165) is 16.7 Å². The highest BCUT2D eigenvalue weighted by Crippen LogP contribution is 2.23. The molecule has 0 aliphatic carbocycles. The molecule has 0 aliphatic heterocycles. The first-order chi connectivity index (χ1) is 6.22. The number of pyridine rings is 1. The van der Waals surface area contributed by atoms with Crippen molar-refractivity contribution in [2.75, 3.05) is 18.1 Å². The Morgan fingerprint density at radius 1 is 1.46 bits per heavy atom. The molecule has 68 valence electrons. The van der Waals surface area contributed by atoms with Crippen molar-refractivity contribution in [3.8, 4) is 0 Å². The number of fused-ring (bicyclic) bond motifs is 1. The minimum atomic E-state index is 0.551. The summed E-state index contributed by atoms with van der Waals surface area (Å²) in [5.41, 5.74) is 8.62. The van der Waals surface area contributed by atoms with Crippen LogP contribution in [0.1, 0.15) is 0 Å². The van der Waals surface area contributed by atoms with E-state index in [9.17, 15) is 0 Å². The summed E-state index contributed by atoms with van der Waals surface area (Å²) >= 11 is 0. The summed E-state index contributed by atoms with van der Waals surface area (Å²) < 4.78 is 2.02. The molecular formula is C9H12N4. The third kappa shape index (κ3) is 1.11. The van der Waals surface area contributed by atoms with Gasteiger partial charge in [-0.15, -0.1) is 0 Å². The Bertz CT molecular complexity index is 444. The van der Waals surface area contributed by atoms with E-state index in [1.165, 1.54) is 0 Å². The molecule has 0 spiro atoms. The van der Waals surface area contributed by atoms with Gasteiger partial charge < -0.3 is 15.6 Å². The average molecular weight is 176 g/mol. The smallest absolute Gasteiger partial charge is 0.124 e. The molecule has 4 nitrogen and oxygen atoms in total. The average Bonchev–Trinajstić information content (AvgIpc) is 2.42. The Morgan fingerprint density at radius 2 is 2.23 bits per heavy atom. The van der Waals surface area contributed by atoms with Crippen LogP contribution in [0, 0.1) is 0 Å². The van der Waals surface area contributed by atoms with Gasteiger partial charge in [-0.2, -0.15) is 0 Å². The van der Waals surface area contributed by atoms with Crippen molar-refractivity contribution in [3.63, 3.8) is 0 Å². The molecule has 0 amide bonds. The summed E-state index contributed by atoms with van der Waals surface area (Å²) in [5.74, 6) is 0.551. The fourth-order valence-corrected chi connectivity index (χ4v) is 1.46. The Morgan fingerprint density at radius 3 is 2.92 bits per heavy atom. The third-order valence-corrected chi connectivity index (χ3v) is 2.12. The second kappa shape index (κ2) is 2.65. The van der Waals surface area contributed by atoms with E-state index in [1.807, 2.05) is 37.0 Å². The normalized spacial score (nSPS) is 10.6. The molecule has 0 saturated heterocycles. The summed E-state index contributed by atoms with van der Waals surface area (Å²) in [6.07, 6.45) is 2.00. The van der Waals surface area contributed by atoms with Crippen molar-refractivity contribution in [1.29, 1.82) is 0 Å². The standard InChI is InChI=1S/C9H12N4/c1-11-6-5-13(2)7-3-4-8(10)12-9(6)7/h3-5,11H,1-2H3,(H2,10,12). The van der Waals surface area contributed by atoms with Crippen LogP contribution >= 0.6 is 0 Å². The van der Waals surface area contributed by atoms with Crippen LogP contribution in [0.4, 0.5) is 11.5 Å². The molecule has 13 heavy (non-hydrogen) atoms. The van der Waals surface area contributed by atoms with Gasteiger partial charge in [-0.1, -0.05) is 0 Å². The highest BCUT2D eigenvalue weighted by molar-refractivity contribution is 5.90. The Balaban J connectivity index is 2.81. The first kappa shape index (κ1) is 7.91. The van der Waals surface area contributed by atoms with Crippen molar-refractivity contribution in [2.45, 2.75) is 0 Å². The van der Waals surface area contributed by atoms with E-state index in [0.29, 0.717) is 5.82 Å². The Kier molecular flexibility index (Phi) is 1.62. The number of aromatic nitrogens is 2. The minimum Gasteiger partial charge on any atom is -0.385 e. The number of hydrogen-bond acceptors (Lipinski definition) is 3. The van der Waals surface area contributed by atoms with Crippen LogP contribution in [0.25, 0.3) is 11.0 Å². The molecule has 4 heteroatoms. The van der Waals surface area contributed by atoms with Crippen molar-refractivity contribution in [3.05, 3.63) is 18.3 Å². The first-order valence-electron chi connectivity index (χ1n) is 4.11. The van der Waals surface area contributed by atoms with Gasteiger partial charge >= 0.3 is 0 Å². The van der Waals surface area contributed by atoms with E-state index in [1.54, 1.807) is 0 Å². The van der Waals surface area contributed by atoms with Crippen LogP contribution in [0.15, 0.2) is 18.3 Å². The number of nitrogens with two attached hydrogens (primary N) is 1. The van der Waals surface area contributed by atoms with Crippen LogP contribution in [0.3, 0.4) is 0 Å². The predicted molar refractivity (Wildman–Crippen MR) is 54.7 cm³/mol. The van der Waals surface area contributed by atoms with Gasteiger partial charge in [-0.05, 0) is 12.1 Å². The van der Waals surface area contributed by atoms with Crippen LogP contribution in [0.5, 0.6) is 0 Å². The van der Waals surface area contributed by atoms with E-state index in [-0.39, 0.29) is 0 Å². The lowest BCUT2D eigenvalue weighted by Gasteiger charge is -1.96. The maximum Gasteiger partial charge on any atom is 0.124 e. The molecule has 0 bridgehead atoms. The van der Waals surface area contributed by atoms with Gasteiger partial charge in [0.1, 0.15) is 11.3 Å². The highest BCUT2D eigenvalue weighted by Gasteiger charge is 2.05. The zero-order valence-corrected chi connectivity index (χ0v) is 7.70. The van der Waals surface area contributed by atoms with Crippen molar-refractivity contribution in [2.24, 2.45) is 7.05 Å². The number of aryl methyl sites for hydroxylation is 1. The van der Waals surface area contributed by atoms with Crippen molar-refractivity contribution < 1.29 is 0 Å². The lowest BCUT2D eigenvalue weighted by atomic mass is 10.3. The van der Waals surface area contributed by atoms with Gasteiger partial charge in [0.25, 0.3) is 0 Å². The Hall–Kier alpha value is -1.71. The molecule has 2 heterocycles. The van der Waals surface area contributed by atoms with E-state index in [2.05, 4.69) is 10.3 Å². The highest BCUT2D eigenvalue weighted by atomic mass is 15.0. The monoisotopic (exact) mass is 176 g/mol. The molecule has 0 unspecified atom stereocenters. The summed E-state index contributed by atoms with van der Waals surface area (Å²) in [6, 6.07) is 3.78. The van der Waals surface area contributed by atoms with Crippen molar-refractivity contribution >= 4 is 22.5 Å².